The molecular weight excluding hydrogens is 262 g/mol. The summed E-state index contributed by atoms with van der Waals surface area (Å²) in [5.41, 5.74) is 0.943. The van der Waals surface area contributed by atoms with E-state index < -0.39 is 0 Å². The van der Waals surface area contributed by atoms with Crippen molar-refractivity contribution >= 4 is 23.6 Å². The monoisotopic (exact) mass is 279 g/mol. The number of hydrogen-bond donors (Lipinski definition) is 2. The second-order valence-electron chi connectivity index (χ2n) is 4.90. The molecule has 19 heavy (non-hydrogen) atoms. The van der Waals surface area contributed by atoms with E-state index >= 15 is 0 Å². The number of rotatable bonds is 3. The van der Waals surface area contributed by atoms with Crippen LogP contribution in [0.15, 0.2) is 30.3 Å². The third-order valence-corrected chi connectivity index (χ3v) is 3.59. The highest BCUT2D eigenvalue weighted by molar-refractivity contribution is 6.30. The fraction of sp³-hybridized carbons (Fsp3) is 0.400. The topological polar surface area (TPSA) is 49.3 Å². The minimum absolute atomic E-state index is 0.0867. The molecule has 2 N–H and O–H groups in total. The van der Waals surface area contributed by atoms with E-state index in [-0.39, 0.29) is 18.1 Å². The van der Waals surface area contributed by atoms with Gasteiger partial charge in [-0.15, -0.1) is 0 Å². The third kappa shape index (κ3) is 4.69. The second-order valence-corrected chi connectivity index (χ2v) is 5.34. The van der Waals surface area contributed by atoms with Gasteiger partial charge in [-0.2, -0.15) is 0 Å². The van der Waals surface area contributed by atoms with Crippen LogP contribution in [0.4, 0.5) is 0 Å². The molecule has 0 heterocycles. The van der Waals surface area contributed by atoms with Crippen LogP contribution in [0.3, 0.4) is 0 Å². The Morgan fingerprint density at radius 2 is 1.84 bits per heavy atom. The van der Waals surface area contributed by atoms with E-state index in [0.29, 0.717) is 5.02 Å². The Balaban J connectivity index is 1.82. The van der Waals surface area contributed by atoms with Crippen LogP contribution in [0, 0.1) is 0 Å². The molecule has 0 aromatic heterocycles. The maximum Gasteiger partial charge on any atom is 0.244 e. The Labute approximate surface area is 118 Å². The zero-order valence-corrected chi connectivity index (χ0v) is 11.4. The van der Waals surface area contributed by atoms with Crippen molar-refractivity contribution in [2.75, 3.05) is 0 Å². The van der Waals surface area contributed by atoms with Crippen LogP contribution < -0.4 is 5.32 Å². The van der Waals surface area contributed by atoms with Crippen molar-refractivity contribution in [3.8, 4) is 0 Å². The highest BCUT2D eigenvalue weighted by Gasteiger charge is 2.19. The van der Waals surface area contributed by atoms with Crippen molar-refractivity contribution in [3.05, 3.63) is 40.9 Å². The Morgan fingerprint density at radius 3 is 2.47 bits per heavy atom. The molecule has 1 amide bonds. The number of nitrogens with one attached hydrogen (secondary N) is 1. The van der Waals surface area contributed by atoms with Gasteiger partial charge in [-0.3, -0.25) is 4.79 Å². The molecule has 2 rings (SSSR count). The molecule has 1 saturated carbocycles. The van der Waals surface area contributed by atoms with Crippen molar-refractivity contribution in [1.29, 1.82) is 0 Å². The molecule has 1 aromatic carbocycles. The fourth-order valence-electron chi connectivity index (χ4n) is 2.22. The normalized spacial score (nSPS) is 23.5. The Bertz CT molecular complexity index is 448. The van der Waals surface area contributed by atoms with Crippen molar-refractivity contribution < 1.29 is 9.90 Å². The van der Waals surface area contributed by atoms with Gasteiger partial charge in [0.2, 0.25) is 5.91 Å². The highest BCUT2D eigenvalue weighted by Crippen LogP contribution is 2.18. The molecule has 0 aliphatic heterocycles. The van der Waals surface area contributed by atoms with Crippen LogP contribution in [0.2, 0.25) is 5.02 Å². The largest absolute Gasteiger partial charge is 0.393 e. The summed E-state index contributed by atoms with van der Waals surface area (Å²) < 4.78 is 0. The summed E-state index contributed by atoms with van der Waals surface area (Å²) >= 11 is 5.79. The van der Waals surface area contributed by atoms with Crippen LogP contribution in [-0.4, -0.2) is 23.2 Å². The number of halogens is 1. The van der Waals surface area contributed by atoms with E-state index in [2.05, 4.69) is 5.32 Å². The first-order valence-corrected chi connectivity index (χ1v) is 6.93. The summed E-state index contributed by atoms with van der Waals surface area (Å²) in [6, 6.07) is 7.50. The molecule has 1 fully saturated rings. The summed E-state index contributed by atoms with van der Waals surface area (Å²) in [4.78, 5) is 11.7. The minimum Gasteiger partial charge on any atom is -0.393 e. The summed E-state index contributed by atoms with van der Waals surface area (Å²) in [6.45, 7) is 0. The number of benzene rings is 1. The van der Waals surface area contributed by atoms with Crippen LogP contribution in [0.1, 0.15) is 31.2 Å². The SMILES string of the molecule is O=C(C=Cc1ccc(Cl)cc1)NC1CCC(O)CC1. The molecule has 1 aliphatic carbocycles. The van der Waals surface area contributed by atoms with Gasteiger partial charge in [0.25, 0.3) is 0 Å². The molecule has 102 valence electrons. The number of hydrogen-bond acceptors (Lipinski definition) is 2. The molecule has 3 nitrogen and oxygen atoms in total. The number of carbonyl (C=O) groups is 1. The van der Waals surface area contributed by atoms with Gasteiger partial charge in [-0.25, -0.2) is 0 Å². The van der Waals surface area contributed by atoms with E-state index in [4.69, 9.17) is 11.6 Å². The predicted octanol–water partition coefficient (Wildman–Crippen LogP) is 2.77. The molecule has 1 aliphatic rings. The van der Waals surface area contributed by atoms with Gasteiger partial charge >= 0.3 is 0 Å². The van der Waals surface area contributed by atoms with E-state index in [0.717, 1.165) is 31.2 Å². The summed E-state index contributed by atoms with van der Waals surface area (Å²) in [5, 5.41) is 13.0. The number of amides is 1. The molecular formula is C15H18ClNO2. The molecule has 0 bridgehead atoms. The van der Waals surface area contributed by atoms with E-state index in [1.165, 1.54) is 6.08 Å². The summed E-state index contributed by atoms with van der Waals surface area (Å²) in [5.74, 6) is -0.0867. The quantitative estimate of drug-likeness (QED) is 0.836. The lowest BCUT2D eigenvalue weighted by Crippen LogP contribution is -2.37. The molecule has 4 heteroatoms. The zero-order chi connectivity index (χ0) is 13.7. The van der Waals surface area contributed by atoms with Crippen LogP contribution in [0.5, 0.6) is 0 Å². The first-order chi connectivity index (χ1) is 9.13. The van der Waals surface area contributed by atoms with Crippen LogP contribution in [0.25, 0.3) is 6.08 Å². The zero-order valence-electron chi connectivity index (χ0n) is 10.7. The van der Waals surface area contributed by atoms with Gasteiger partial charge in [0.05, 0.1) is 6.10 Å². The van der Waals surface area contributed by atoms with E-state index in [9.17, 15) is 9.90 Å². The fourth-order valence-corrected chi connectivity index (χ4v) is 2.34. The average molecular weight is 280 g/mol. The lowest BCUT2D eigenvalue weighted by molar-refractivity contribution is -0.117. The van der Waals surface area contributed by atoms with Crippen molar-refractivity contribution in [1.82, 2.24) is 5.32 Å². The molecule has 0 saturated heterocycles. The smallest absolute Gasteiger partial charge is 0.244 e. The van der Waals surface area contributed by atoms with Crippen molar-refractivity contribution in [3.63, 3.8) is 0 Å². The second kappa shape index (κ2) is 6.73. The standard InChI is InChI=1S/C15H18ClNO2/c16-12-4-1-11(2-5-12)3-10-15(19)17-13-6-8-14(18)9-7-13/h1-5,10,13-14,18H,6-9H2,(H,17,19). The maximum absolute atomic E-state index is 11.7. The number of aliphatic hydroxyl groups excluding tert-OH is 1. The van der Waals surface area contributed by atoms with Gasteiger partial charge < -0.3 is 10.4 Å². The van der Waals surface area contributed by atoms with Gasteiger partial charge in [0.15, 0.2) is 0 Å². The predicted molar refractivity (Wildman–Crippen MR) is 76.9 cm³/mol. The Hall–Kier alpha value is -1.32. The van der Waals surface area contributed by atoms with E-state index in [1.54, 1.807) is 18.2 Å². The van der Waals surface area contributed by atoms with Crippen molar-refractivity contribution in [2.45, 2.75) is 37.8 Å². The molecule has 0 atom stereocenters. The molecule has 1 aromatic rings. The first-order valence-electron chi connectivity index (χ1n) is 6.56. The summed E-state index contributed by atoms with van der Waals surface area (Å²) in [6.07, 6.45) is 6.34. The molecule has 0 spiro atoms. The van der Waals surface area contributed by atoms with Gasteiger partial charge in [0.1, 0.15) is 0 Å². The highest BCUT2D eigenvalue weighted by atomic mass is 35.5. The van der Waals surface area contributed by atoms with Gasteiger partial charge in [-0.05, 0) is 49.5 Å². The van der Waals surface area contributed by atoms with Crippen LogP contribution in [-0.2, 0) is 4.79 Å². The summed E-state index contributed by atoms with van der Waals surface area (Å²) in [7, 11) is 0. The Kier molecular flexibility index (Phi) is 5.00. The number of carbonyl (C=O) groups excluding carboxylic acids is 1. The lowest BCUT2D eigenvalue weighted by atomic mass is 9.93. The van der Waals surface area contributed by atoms with Gasteiger partial charge in [0, 0.05) is 17.1 Å². The van der Waals surface area contributed by atoms with E-state index in [1.807, 2.05) is 12.1 Å². The third-order valence-electron chi connectivity index (χ3n) is 3.34. The number of aliphatic hydroxyl groups is 1. The van der Waals surface area contributed by atoms with Crippen LogP contribution >= 0.6 is 11.6 Å². The average Bonchev–Trinajstić information content (AvgIpc) is 2.41. The first kappa shape index (κ1) is 14.1. The maximum atomic E-state index is 11.7. The lowest BCUT2D eigenvalue weighted by Gasteiger charge is -2.25. The molecule has 0 radical (unpaired) electrons. The molecule has 0 unspecified atom stereocenters. The van der Waals surface area contributed by atoms with Gasteiger partial charge in [-0.1, -0.05) is 23.7 Å². The Morgan fingerprint density at radius 1 is 1.21 bits per heavy atom. The van der Waals surface area contributed by atoms with Crippen molar-refractivity contribution in [2.24, 2.45) is 0 Å². The minimum atomic E-state index is -0.197.